The number of likely N-dealkylation sites (N-methyl/N-ethyl adjacent to an activating group) is 1. The summed E-state index contributed by atoms with van der Waals surface area (Å²) in [6, 6.07) is 20.6. The van der Waals surface area contributed by atoms with Crippen molar-refractivity contribution in [2.75, 3.05) is 33.4 Å². The molecule has 0 spiro atoms. The average molecular weight is 619 g/mol. The van der Waals surface area contributed by atoms with Crippen molar-refractivity contribution in [3.05, 3.63) is 89.2 Å². The lowest BCUT2D eigenvalue weighted by molar-refractivity contribution is 0.0694. The molecule has 8 nitrogen and oxygen atoms in total. The third kappa shape index (κ3) is 8.68. The summed E-state index contributed by atoms with van der Waals surface area (Å²) in [5.41, 5.74) is 1.83. The van der Waals surface area contributed by atoms with Gasteiger partial charge in [0.1, 0.15) is 24.7 Å². The van der Waals surface area contributed by atoms with Crippen molar-refractivity contribution in [2.24, 2.45) is 5.92 Å². The van der Waals surface area contributed by atoms with Gasteiger partial charge in [-0.15, -0.1) is 0 Å². The molecule has 45 heavy (non-hydrogen) atoms. The smallest absolute Gasteiger partial charge is 0.409 e. The maximum atomic E-state index is 15.1. The maximum Gasteiger partial charge on any atom is 0.409 e. The molecule has 240 valence electrons. The van der Waals surface area contributed by atoms with E-state index >= 15 is 4.39 Å². The Morgan fingerprint density at radius 3 is 2.51 bits per heavy atom. The Bertz CT molecular complexity index is 1430. The average Bonchev–Trinajstić information content (AvgIpc) is 3.37. The number of benzene rings is 3. The first-order chi connectivity index (χ1) is 21.9. The number of nitrogens with zero attached hydrogens (tertiary/aromatic N) is 2. The fraction of sp³-hybridized carbons (Fsp3) is 0.444. The number of hydrogen-bond acceptors (Lipinski definition) is 6. The summed E-state index contributed by atoms with van der Waals surface area (Å²) in [6.45, 7) is 4.48. The minimum absolute atomic E-state index is 0.0776. The Kier molecular flexibility index (Phi) is 11.2. The first-order valence-corrected chi connectivity index (χ1v) is 16.0. The second-order valence-electron chi connectivity index (χ2n) is 11.8. The van der Waals surface area contributed by atoms with E-state index in [-0.39, 0.29) is 29.9 Å². The van der Waals surface area contributed by atoms with E-state index < -0.39 is 11.9 Å². The van der Waals surface area contributed by atoms with Crippen LogP contribution in [-0.2, 0) is 17.9 Å². The van der Waals surface area contributed by atoms with Crippen LogP contribution in [0.15, 0.2) is 66.7 Å². The van der Waals surface area contributed by atoms with Gasteiger partial charge in [-0.1, -0.05) is 55.8 Å². The van der Waals surface area contributed by atoms with Gasteiger partial charge in [0, 0.05) is 26.2 Å². The number of hydrogen-bond donors (Lipinski definition) is 0. The zero-order chi connectivity index (χ0) is 31.6. The van der Waals surface area contributed by atoms with Gasteiger partial charge in [0.2, 0.25) is 0 Å². The van der Waals surface area contributed by atoms with Crippen molar-refractivity contribution in [1.82, 2.24) is 9.80 Å². The number of amides is 2. The van der Waals surface area contributed by atoms with Gasteiger partial charge in [-0.3, -0.25) is 4.79 Å². The van der Waals surface area contributed by atoms with Crippen molar-refractivity contribution in [3.63, 3.8) is 0 Å². The van der Waals surface area contributed by atoms with Crippen LogP contribution in [0.3, 0.4) is 0 Å². The zero-order valence-electron chi connectivity index (χ0n) is 26.2. The van der Waals surface area contributed by atoms with Gasteiger partial charge in [-0.05, 0) is 67.3 Å². The summed E-state index contributed by atoms with van der Waals surface area (Å²) < 4.78 is 38.2. The van der Waals surface area contributed by atoms with Gasteiger partial charge in [0.05, 0.1) is 24.8 Å². The molecule has 0 atom stereocenters. The van der Waals surface area contributed by atoms with Crippen LogP contribution in [0, 0.1) is 11.7 Å². The Hall–Kier alpha value is -4.27. The van der Waals surface area contributed by atoms with E-state index in [1.54, 1.807) is 18.0 Å². The minimum atomic E-state index is -0.534. The maximum absolute atomic E-state index is 15.1. The monoisotopic (exact) mass is 618 g/mol. The highest BCUT2D eigenvalue weighted by Crippen LogP contribution is 2.34. The minimum Gasteiger partial charge on any atom is -0.492 e. The van der Waals surface area contributed by atoms with E-state index in [2.05, 4.69) is 6.92 Å². The van der Waals surface area contributed by atoms with Gasteiger partial charge in [-0.25, -0.2) is 9.18 Å². The molecule has 0 bridgehead atoms. The molecule has 0 saturated heterocycles. The van der Waals surface area contributed by atoms with E-state index in [0.717, 1.165) is 55.4 Å². The third-order valence-corrected chi connectivity index (χ3v) is 8.40. The molecule has 1 aliphatic heterocycles. The van der Waals surface area contributed by atoms with Crippen LogP contribution in [0.4, 0.5) is 9.18 Å². The second-order valence-corrected chi connectivity index (χ2v) is 11.8. The van der Waals surface area contributed by atoms with Crippen molar-refractivity contribution in [1.29, 1.82) is 0 Å². The van der Waals surface area contributed by atoms with Gasteiger partial charge in [0.25, 0.3) is 5.91 Å². The van der Waals surface area contributed by atoms with Crippen LogP contribution in [-0.4, -0.2) is 61.3 Å². The molecule has 9 heteroatoms. The largest absolute Gasteiger partial charge is 0.492 e. The molecule has 2 amide bonds. The SMILES string of the molecule is CCCCOc1ccc2c(c1F)C(=O)N(CC1CCC(Oc3cccc(OCCN(C)C(=O)OCc4ccccc4)c3)CC1)C2. The van der Waals surface area contributed by atoms with Gasteiger partial charge in [-0.2, -0.15) is 0 Å². The summed E-state index contributed by atoms with van der Waals surface area (Å²) in [5.74, 6) is 1.14. The van der Waals surface area contributed by atoms with Gasteiger partial charge < -0.3 is 28.7 Å². The molecular formula is C36H43FN2O6. The van der Waals surface area contributed by atoms with Crippen LogP contribution in [0.25, 0.3) is 0 Å². The first-order valence-electron chi connectivity index (χ1n) is 16.0. The number of ether oxygens (including phenoxy) is 4. The molecule has 0 radical (unpaired) electrons. The Balaban J connectivity index is 1.02. The highest BCUT2D eigenvalue weighted by Gasteiger charge is 2.34. The zero-order valence-corrected chi connectivity index (χ0v) is 26.2. The lowest BCUT2D eigenvalue weighted by Crippen LogP contribution is -2.34. The summed E-state index contributed by atoms with van der Waals surface area (Å²) in [5, 5.41) is 0. The van der Waals surface area contributed by atoms with Crippen LogP contribution in [0.2, 0.25) is 0 Å². The molecule has 3 aromatic carbocycles. The van der Waals surface area contributed by atoms with Crippen LogP contribution in [0.1, 0.15) is 66.9 Å². The van der Waals surface area contributed by atoms with Crippen molar-refractivity contribution >= 4 is 12.0 Å². The predicted molar refractivity (Wildman–Crippen MR) is 169 cm³/mol. The summed E-state index contributed by atoms with van der Waals surface area (Å²) >= 11 is 0. The van der Waals surface area contributed by atoms with E-state index in [1.807, 2.05) is 60.7 Å². The van der Waals surface area contributed by atoms with E-state index in [9.17, 15) is 9.59 Å². The normalized spacial score (nSPS) is 17.5. The van der Waals surface area contributed by atoms with Crippen molar-refractivity contribution in [3.8, 4) is 17.2 Å². The van der Waals surface area contributed by atoms with Crippen LogP contribution in [0.5, 0.6) is 17.2 Å². The molecule has 1 saturated carbocycles. The first kappa shape index (κ1) is 32.1. The molecule has 0 N–H and O–H groups in total. The van der Waals surface area contributed by atoms with Crippen LogP contribution >= 0.6 is 0 Å². The number of fused-ring (bicyclic) bond motifs is 1. The fourth-order valence-corrected chi connectivity index (χ4v) is 5.78. The molecular weight excluding hydrogens is 575 g/mol. The van der Waals surface area contributed by atoms with Gasteiger partial charge >= 0.3 is 6.09 Å². The van der Waals surface area contributed by atoms with E-state index in [4.69, 9.17) is 18.9 Å². The Labute approximate surface area is 265 Å². The predicted octanol–water partition coefficient (Wildman–Crippen LogP) is 7.25. The molecule has 0 unspecified atom stereocenters. The summed E-state index contributed by atoms with van der Waals surface area (Å²) in [6.07, 6.45) is 5.10. The fourth-order valence-electron chi connectivity index (χ4n) is 5.78. The number of carbonyl (C=O) groups is 2. The lowest BCUT2D eigenvalue weighted by atomic mass is 9.87. The lowest BCUT2D eigenvalue weighted by Gasteiger charge is -2.31. The van der Waals surface area contributed by atoms with E-state index in [1.165, 1.54) is 4.90 Å². The molecule has 5 rings (SSSR count). The molecule has 3 aromatic rings. The standard InChI is InChI=1S/C36H43FN2O6/c1-3-4-20-43-32-18-15-28-24-39(35(40)33(28)34(32)37)23-26-13-16-29(17-14-26)45-31-12-8-11-30(22-31)42-21-19-38(2)36(41)44-25-27-9-6-5-7-10-27/h5-12,15,18,22,26,29H,3-4,13-14,16-17,19-21,23-25H2,1-2H3. The second kappa shape index (κ2) is 15.6. The quantitative estimate of drug-likeness (QED) is 0.177. The molecule has 1 aliphatic carbocycles. The molecule has 0 aromatic heterocycles. The van der Waals surface area contributed by atoms with Crippen molar-refractivity contribution < 1.29 is 32.9 Å². The highest BCUT2D eigenvalue weighted by atomic mass is 19.1. The van der Waals surface area contributed by atoms with Gasteiger partial charge in [0.15, 0.2) is 11.6 Å². The molecule has 1 fully saturated rings. The third-order valence-electron chi connectivity index (χ3n) is 8.40. The van der Waals surface area contributed by atoms with Crippen molar-refractivity contribution in [2.45, 2.75) is 64.7 Å². The number of unbranched alkanes of at least 4 members (excludes halogenated alkanes) is 1. The van der Waals surface area contributed by atoms with E-state index in [0.29, 0.717) is 44.5 Å². The summed E-state index contributed by atoms with van der Waals surface area (Å²) in [4.78, 5) is 28.7. The number of carbonyl (C=O) groups excluding carboxylic acids is 2. The summed E-state index contributed by atoms with van der Waals surface area (Å²) in [7, 11) is 1.68. The Morgan fingerprint density at radius 2 is 1.73 bits per heavy atom. The highest BCUT2D eigenvalue weighted by molar-refractivity contribution is 5.99. The molecule has 2 aliphatic rings. The van der Waals surface area contributed by atoms with Crippen LogP contribution < -0.4 is 14.2 Å². The molecule has 1 heterocycles. The topological polar surface area (TPSA) is 77.5 Å². The number of rotatable bonds is 14. The number of halogens is 1. The Morgan fingerprint density at radius 1 is 0.956 bits per heavy atom.